The van der Waals surface area contributed by atoms with Crippen molar-refractivity contribution in [2.75, 3.05) is 0 Å². The van der Waals surface area contributed by atoms with E-state index in [0.29, 0.717) is 0 Å². The number of ketones is 1. The van der Waals surface area contributed by atoms with E-state index in [-0.39, 0.29) is 11.9 Å². The van der Waals surface area contributed by atoms with Crippen LogP contribution in [-0.2, 0) is 14.3 Å². The Kier molecular flexibility index (Phi) is 4.26. The van der Waals surface area contributed by atoms with E-state index < -0.39 is 17.5 Å². The van der Waals surface area contributed by atoms with Gasteiger partial charge in [-0.2, -0.15) is 0 Å². The molecule has 0 amide bonds. The van der Waals surface area contributed by atoms with Crippen LogP contribution in [0.25, 0.3) is 0 Å². The van der Waals surface area contributed by atoms with E-state index in [0.717, 1.165) is 0 Å². The zero-order chi connectivity index (χ0) is 11.5. The molecule has 1 unspecified atom stereocenters. The molecule has 0 aliphatic heterocycles. The van der Waals surface area contributed by atoms with Crippen molar-refractivity contribution < 1.29 is 19.4 Å². The Labute approximate surface area is 84.3 Å². The van der Waals surface area contributed by atoms with Gasteiger partial charge in [0.1, 0.15) is 11.7 Å². The second-order valence-corrected chi connectivity index (χ2v) is 4.18. The van der Waals surface area contributed by atoms with Crippen molar-refractivity contribution in [3.05, 3.63) is 0 Å². The van der Waals surface area contributed by atoms with Gasteiger partial charge in [0.25, 0.3) is 0 Å². The maximum Gasteiger partial charge on any atom is 0.319 e. The number of carbonyl (C=O) groups excluding carboxylic acids is 2. The van der Waals surface area contributed by atoms with Gasteiger partial charge >= 0.3 is 5.97 Å². The van der Waals surface area contributed by atoms with E-state index in [1.54, 1.807) is 13.8 Å². The summed E-state index contributed by atoms with van der Waals surface area (Å²) in [5, 5.41) is 9.61. The van der Waals surface area contributed by atoms with Crippen molar-refractivity contribution in [1.29, 1.82) is 0 Å². The monoisotopic (exact) mass is 202 g/mol. The zero-order valence-electron chi connectivity index (χ0n) is 9.33. The molecule has 0 saturated heterocycles. The first-order valence-corrected chi connectivity index (χ1v) is 4.59. The molecule has 0 heterocycles. The minimum absolute atomic E-state index is 0.285. The average molecular weight is 202 g/mol. The first kappa shape index (κ1) is 13.1. The Balaban J connectivity index is 4.68. The van der Waals surface area contributed by atoms with Gasteiger partial charge in [0, 0.05) is 0 Å². The molecule has 14 heavy (non-hydrogen) atoms. The van der Waals surface area contributed by atoms with Crippen molar-refractivity contribution in [2.24, 2.45) is 5.92 Å². The van der Waals surface area contributed by atoms with Crippen molar-refractivity contribution in [1.82, 2.24) is 0 Å². The van der Waals surface area contributed by atoms with Gasteiger partial charge in [-0.05, 0) is 34.6 Å². The van der Waals surface area contributed by atoms with Crippen molar-refractivity contribution in [2.45, 2.75) is 46.3 Å². The van der Waals surface area contributed by atoms with Crippen LogP contribution < -0.4 is 0 Å². The van der Waals surface area contributed by atoms with Crippen molar-refractivity contribution >= 4 is 11.8 Å². The van der Waals surface area contributed by atoms with Gasteiger partial charge < -0.3 is 9.84 Å². The quantitative estimate of drug-likeness (QED) is 0.543. The normalized spacial score (nSPS) is 13.9. The highest BCUT2D eigenvalue weighted by molar-refractivity contribution is 5.99. The second-order valence-electron chi connectivity index (χ2n) is 4.18. The van der Waals surface area contributed by atoms with Gasteiger partial charge in [-0.3, -0.25) is 9.59 Å². The van der Waals surface area contributed by atoms with Crippen LogP contribution in [0.5, 0.6) is 0 Å². The summed E-state index contributed by atoms with van der Waals surface area (Å²) in [6.07, 6.45) is -0.285. The number of ether oxygens (including phenoxy) is 1. The molecule has 0 aliphatic carbocycles. The zero-order valence-corrected chi connectivity index (χ0v) is 9.33. The lowest BCUT2D eigenvalue weighted by atomic mass is 9.88. The first-order chi connectivity index (χ1) is 6.16. The number of carbonyl (C=O) groups is 2. The third-order valence-corrected chi connectivity index (χ3v) is 1.70. The van der Waals surface area contributed by atoms with Crippen LogP contribution in [-0.4, -0.2) is 28.6 Å². The van der Waals surface area contributed by atoms with Crippen LogP contribution in [0, 0.1) is 5.92 Å². The summed E-state index contributed by atoms with van der Waals surface area (Å²) in [6.45, 7) is 7.49. The molecule has 1 atom stereocenters. The predicted molar refractivity (Wildman–Crippen MR) is 51.7 cm³/mol. The van der Waals surface area contributed by atoms with E-state index in [2.05, 4.69) is 0 Å². The molecule has 0 saturated carbocycles. The summed E-state index contributed by atoms with van der Waals surface area (Å²) >= 11 is 0. The van der Waals surface area contributed by atoms with Gasteiger partial charge in [-0.1, -0.05) is 0 Å². The standard InChI is InChI=1S/C10H18O4/c1-6(2)14-9(12)8(7(3)11)10(4,5)13/h6,8,13H,1-5H3. The third-order valence-electron chi connectivity index (χ3n) is 1.70. The highest BCUT2D eigenvalue weighted by Crippen LogP contribution is 2.19. The molecule has 0 bridgehead atoms. The minimum Gasteiger partial charge on any atom is -0.462 e. The number of rotatable bonds is 4. The SMILES string of the molecule is CC(=O)C(C(=O)OC(C)C)C(C)(C)O. The molecule has 82 valence electrons. The predicted octanol–water partition coefficient (Wildman–Crippen LogP) is 0.914. The van der Waals surface area contributed by atoms with Crippen LogP contribution in [0.15, 0.2) is 0 Å². The molecule has 0 rings (SSSR count). The molecular weight excluding hydrogens is 184 g/mol. The van der Waals surface area contributed by atoms with Crippen LogP contribution >= 0.6 is 0 Å². The number of hydrogen-bond donors (Lipinski definition) is 1. The fourth-order valence-corrected chi connectivity index (χ4v) is 1.25. The summed E-state index contributed by atoms with van der Waals surface area (Å²) in [5.41, 5.74) is -1.38. The van der Waals surface area contributed by atoms with Crippen LogP contribution in [0.4, 0.5) is 0 Å². The average Bonchev–Trinajstić information content (AvgIpc) is 1.78. The Morgan fingerprint density at radius 2 is 1.71 bits per heavy atom. The van der Waals surface area contributed by atoms with Crippen LogP contribution in [0.2, 0.25) is 0 Å². The number of hydrogen-bond acceptors (Lipinski definition) is 4. The summed E-state index contributed by atoms with van der Waals surface area (Å²) in [7, 11) is 0. The van der Waals surface area contributed by atoms with E-state index in [1.165, 1.54) is 20.8 Å². The molecule has 0 aliphatic rings. The molecule has 0 aromatic heterocycles. The highest BCUT2D eigenvalue weighted by Gasteiger charge is 2.38. The van der Waals surface area contributed by atoms with Crippen molar-refractivity contribution in [3.8, 4) is 0 Å². The largest absolute Gasteiger partial charge is 0.462 e. The number of Topliss-reactive ketones (excluding diaryl/α,β-unsaturated/α-hetero) is 1. The molecule has 1 N–H and O–H groups in total. The van der Waals surface area contributed by atoms with Crippen LogP contribution in [0.3, 0.4) is 0 Å². The number of esters is 1. The Bertz CT molecular complexity index is 225. The van der Waals surface area contributed by atoms with Gasteiger partial charge in [0.2, 0.25) is 0 Å². The third kappa shape index (κ3) is 3.87. The highest BCUT2D eigenvalue weighted by atomic mass is 16.5. The number of aliphatic hydroxyl groups is 1. The Morgan fingerprint density at radius 3 is 1.93 bits per heavy atom. The Hall–Kier alpha value is -0.900. The molecular formula is C10H18O4. The molecule has 0 aromatic rings. The summed E-state index contributed by atoms with van der Waals surface area (Å²) in [5.74, 6) is -2.16. The van der Waals surface area contributed by atoms with Crippen LogP contribution in [0.1, 0.15) is 34.6 Å². The lowest BCUT2D eigenvalue weighted by molar-refractivity contribution is -0.163. The lowest BCUT2D eigenvalue weighted by Gasteiger charge is -2.25. The maximum atomic E-state index is 11.4. The smallest absolute Gasteiger partial charge is 0.319 e. The molecule has 0 spiro atoms. The fourth-order valence-electron chi connectivity index (χ4n) is 1.25. The van der Waals surface area contributed by atoms with E-state index >= 15 is 0 Å². The summed E-state index contributed by atoms with van der Waals surface area (Å²) in [4.78, 5) is 22.6. The van der Waals surface area contributed by atoms with Gasteiger partial charge in [-0.25, -0.2) is 0 Å². The van der Waals surface area contributed by atoms with Crippen molar-refractivity contribution in [3.63, 3.8) is 0 Å². The first-order valence-electron chi connectivity index (χ1n) is 4.59. The summed E-state index contributed by atoms with van der Waals surface area (Å²) in [6, 6.07) is 0. The summed E-state index contributed by atoms with van der Waals surface area (Å²) < 4.78 is 4.88. The van der Waals surface area contributed by atoms with E-state index in [9.17, 15) is 14.7 Å². The molecule has 0 radical (unpaired) electrons. The van der Waals surface area contributed by atoms with Gasteiger partial charge in [0.05, 0.1) is 11.7 Å². The molecule has 0 aromatic carbocycles. The maximum absolute atomic E-state index is 11.4. The van der Waals surface area contributed by atoms with E-state index in [4.69, 9.17) is 4.74 Å². The topological polar surface area (TPSA) is 63.6 Å². The lowest BCUT2D eigenvalue weighted by Crippen LogP contribution is -2.43. The molecule has 4 heteroatoms. The molecule has 4 nitrogen and oxygen atoms in total. The van der Waals surface area contributed by atoms with Gasteiger partial charge in [0.15, 0.2) is 0 Å². The van der Waals surface area contributed by atoms with E-state index in [1.807, 2.05) is 0 Å². The Morgan fingerprint density at radius 1 is 1.29 bits per heavy atom. The minimum atomic E-state index is -1.38. The second kappa shape index (κ2) is 4.55. The fraction of sp³-hybridized carbons (Fsp3) is 0.800. The van der Waals surface area contributed by atoms with Gasteiger partial charge in [-0.15, -0.1) is 0 Å². The molecule has 0 fully saturated rings.